The molecule has 1 aliphatic carbocycles. The fraction of sp³-hybridized carbons (Fsp3) is 0.118. The predicted octanol–water partition coefficient (Wildman–Crippen LogP) is 2.91. The molecule has 3 rings (SSSR count). The van der Waals surface area contributed by atoms with E-state index in [-0.39, 0.29) is 11.3 Å². The van der Waals surface area contributed by atoms with Crippen LogP contribution in [-0.4, -0.2) is 32.2 Å². The Hall–Kier alpha value is -3.19. The van der Waals surface area contributed by atoms with Gasteiger partial charge >= 0.3 is 5.92 Å². The third-order valence-electron chi connectivity index (χ3n) is 3.78. The van der Waals surface area contributed by atoms with E-state index in [2.05, 4.69) is 0 Å². The highest BCUT2D eigenvalue weighted by Gasteiger charge is 2.58. The van der Waals surface area contributed by atoms with Crippen molar-refractivity contribution in [3.63, 3.8) is 0 Å². The average molecular weight is 395 g/mol. The number of ketones is 2. The Labute approximate surface area is 150 Å². The summed E-state index contributed by atoms with van der Waals surface area (Å²) < 4.78 is 70.3. The van der Waals surface area contributed by atoms with Crippen LogP contribution in [0, 0.1) is 17.1 Å². The van der Waals surface area contributed by atoms with Gasteiger partial charge in [0.15, 0.2) is 9.84 Å². The summed E-state index contributed by atoms with van der Waals surface area (Å²) in [4.78, 5) is 23.3. The molecule has 0 atom stereocenters. The minimum Gasteiger partial charge on any atom is -0.456 e. The number of fused-ring (bicyclic) bond motifs is 1. The molecule has 0 aliphatic heterocycles. The summed E-state index contributed by atoms with van der Waals surface area (Å²) in [7, 11) is -4.11. The van der Waals surface area contributed by atoms with E-state index in [0.29, 0.717) is 6.26 Å². The molecule has 2 aromatic carbocycles. The van der Waals surface area contributed by atoms with E-state index >= 15 is 0 Å². The van der Waals surface area contributed by atoms with Crippen molar-refractivity contribution < 1.29 is 35.9 Å². The largest absolute Gasteiger partial charge is 0.456 e. The van der Waals surface area contributed by atoms with Crippen molar-refractivity contribution in [3.05, 3.63) is 52.8 Å². The van der Waals surface area contributed by atoms with Crippen molar-refractivity contribution in [1.29, 1.82) is 5.26 Å². The number of hydrogen-bond acceptors (Lipinski definition) is 6. The first kappa shape index (κ1) is 18.6. The zero-order chi connectivity index (χ0) is 20.1. The normalized spacial score (nSPS) is 15.4. The van der Waals surface area contributed by atoms with Crippen molar-refractivity contribution in [2.24, 2.45) is 0 Å². The van der Waals surface area contributed by atoms with Gasteiger partial charge in [-0.3, -0.25) is 9.59 Å². The van der Waals surface area contributed by atoms with E-state index in [4.69, 9.17) is 10.00 Å². The van der Waals surface area contributed by atoms with Gasteiger partial charge in [0.2, 0.25) is 11.6 Å². The standard InChI is InChI=1S/C17H8F3NO5S/c1-27(24,25)12-3-2-11(13-14(12)16(23)17(19,20)15(13)22)26-10-5-8(7-21)4-9(18)6-10/h2-6H,1H3. The highest BCUT2D eigenvalue weighted by atomic mass is 32.2. The number of nitrogens with zero attached hydrogens (tertiary/aromatic N) is 1. The number of nitriles is 1. The topological polar surface area (TPSA) is 101 Å². The molecular weight excluding hydrogens is 387 g/mol. The Morgan fingerprint density at radius 2 is 1.70 bits per heavy atom. The van der Waals surface area contributed by atoms with E-state index in [9.17, 15) is 31.2 Å². The summed E-state index contributed by atoms with van der Waals surface area (Å²) in [5, 5.41) is 8.84. The fourth-order valence-electron chi connectivity index (χ4n) is 2.64. The van der Waals surface area contributed by atoms with Gasteiger partial charge in [-0.1, -0.05) is 0 Å². The zero-order valence-electron chi connectivity index (χ0n) is 13.4. The van der Waals surface area contributed by atoms with Gasteiger partial charge in [-0.2, -0.15) is 14.0 Å². The van der Waals surface area contributed by atoms with Crippen molar-refractivity contribution in [2.75, 3.05) is 6.26 Å². The summed E-state index contributed by atoms with van der Waals surface area (Å²) in [5.74, 6) is -10.0. The number of rotatable bonds is 3. The van der Waals surface area contributed by atoms with Crippen molar-refractivity contribution in [2.45, 2.75) is 10.8 Å². The highest BCUT2D eigenvalue weighted by Crippen LogP contribution is 2.43. The predicted molar refractivity (Wildman–Crippen MR) is 84.3 cm³/mol. The van der Waals surface area contributed by atoms with Gasteiger partial charge in [0.1, 0.15) is 17.3 Å². The molecule has 0 heterocycles. The minimum atomic E-state index is -4.44. The maximum absolute atomic E-state index is 13.9. The van der Waals surface area contributed by atoms with Crippen molar-refractivity contribution in [3.8, 4) is 17.6 Å². The third kappa shape index (κ3) is 2.96. The van der Waals surface area contributed by atoms with E-state index in [1.807, 2.05) is 0 Å². The van der Waals surface area contributed by atoms with Crippen LogP contribution < -0.4 is 4.74 Å². The second-order valence-corrected chi connectivity index (χ2v) is 7.69. The van der Waals surface area contributed by atoms with Crippen LogP contribution in [0.4, 0.5) is 13.2 Å². The lowest BCUT2D eigenvalue weighted by atomic mass is 10.1. The first-order valence-electron chi connectivity index (χ1n) is 7.20. The zero-order valence-corrected chi connectivity index (χ0v) is 14.2. The smallest absolute Gasteiger partial charge is 0.371 e. The SMILES string of the molecule is CS(=O)(=O)c1ccc(Oc2cc(F)cc(C#N)c2)c2c1C(=O)C(F)(F)C2=O. The van der Waals surface area contributed by atoms with Gasteiger partial charge in [0.05, 0.1) is 27.7 Å². The molecular formula is C17H8F3NO5S. The summed E-state index contributed by atoms with van der Waals surface area (Å²) in [6.45, 7) is 0. The molecule has 2 aromatic rings. The molecule has 0 saturated carbocycles. The van der Waals surface area contributed by atoms with Crippen LogP contribution in [0.2, 0.25) is 0 Å². The van der Waals surface area contributed by atoms with Gasteiger partial charge in [-0.25, -0.2) is 12.8 Å². The Bertz CT molecular complexity index is 1170. The highest BCUT2D eigenvalue weighted by molar-refractivity contribution is 7.90. The minimum absolute atomic E-state index is 0.137. The Balaban J connectivity index is 2.24. The van der Waals surface area contributed by atoms with Crippen LogP contribution in [0.3, 0.4) is 0 Å². The van der Waals surface area contributed by atoms with E-state index in [1.54, 1.807) is 6.07 Å². The summed E-state index contributed by atoms with van der Waals surface area (Å²) in [6.07, 6.45) is 0.698. The van der Waals surface area contributed by atoms with Crippen LogP contribution in [0.25, 0.3) is 0 Å². The first-order chi connectivity index (χ1) is 12.5. The number of ether oxygens (including phenoxy) is 1. The molecule has 0 amide bonds. The molecule has 0 unspecified atom stereocenters. The molecule has 0 fully saturated rings. The summed E-state index contributed by atoms with van der Waals surface area (Å²) in [5.41, 5.74) is -2.01. The van der Waals surface area contributed by atoms with E-state index < -0.39 is 54.9 Å². The molecule has 0 spiro atoms. The van der Waals surface area contributed by atoms with Gasteiger partial charge in [0.25, 0.3) is 0 Å². The maximum atomic E-state index is 13.9. The van der Waals surface area contributed by atoms with Crippen LogP contribution in [-0.2, 0) is 9.84 Å². The van der Waals surface area contributed by atoms with Crippen LogP contribution in [0.15, 0.2) is 35.2 Å². The summed E-state index contributed by atoms with van der Waals surface area (Å²) >= 11 is 0. The van der Waals surface area contributed by atoms with E-state index in [1.165, 1.54) is 0 Å². The number of alkyl halides is 2. The Morgan fingerprint density at radius 1 is 1.07 bits per heavy atom. The Morgan fingerprint density at radius 3 is 2.30 bits per heavy atom. The monoisotopic (exact) mass is 395 g/mol. The number of benzene rings is 2. The number of hydrogen-bond donors (Lipinski definition) is 0. The number of Topliss-reactive ketones (excluding diaryl/α,β-unsaturated/α-hetero) is 2. The van der Waals surface area contributed by atoms with Crippen LogP contribution in [0.5, 0.6) is 11.5 Å². The molecule has 0 bridgehead atoms. The molecule has 0 radical (unpaired) electrons. The van der Waals surface area contributed by atoms with Gasteiger partial charge in [-0.15, -0.1) is 0 Å². The first-order valence-corrected chi connectivity index (χ1v) is 9.09. The molecule has 6 nitrogen and oxygen atoms in total. The van der Waals surface area contributed by atoms with Crippen LogP contribution in [0.1, 0.15) is 26.3 Å². The number of halogens is 3. The fourth-order valence-corrected chi connectivity index (χ4v) is 3.52. The lowest BCUT2D eigenvalue weighted by Gasteiger charge is -2.11. The summed E-state index contributed by atoms with van der Waals surface area (Å²) in [6, 6.07) is 6.24. The molecule has 10 heteroatoms. The molecule has 0 aromatic heterocycles. The molecule has 0 N–H and O–H groups in total. The second kappa shape index (κ2) is 5.92. The van der Waals surface area contributed by atoms with Gasteiger partial charge in [-0.05, 0) is 24.3 Å². The van der Waals surface area contributed by atoms with Gasteiger partial charge < -0.3 is 4.74 Å². The lowest BCUT2D eigenvalue weighted by molar-refractivity contribution is 0.0187. The van der Waals surface area contributed by atoms with Gasteiger partial charge in [0, 0.05) is 12.3 Å². The van der Waals surface area contributed by atoms with Crippen molar-refractivity contribution >= 4 is 21.4 Å². The number of carbonyl (C=O) groups is 2. The molecule has 138 valence electrons. The number of sulfone groups is 1. The third-order valence-corrected chi connectivity index (χ3v) is 4.92. The van der Waals surface area contributed by atoms with E-state index in [0.717, 1.165) is 30.3 Å². The molecule has 27 heavy (non-hydrogen) atoms. The quantitative estimate of drug-likeness (QED) is 0.741. The maximum Gasteiger partial charge on any atom is 0.371 e. The average Bonchev–Trinajstić information content (AvgIpc) is 2.75. The number of carbonyl (C=O) groups excluding carboxylic acids is 2. The lowest BCUT2D eigenvalue weighted by Crippen LogP contribution is -2.30. The molecule has 0 saturated heterocycles. The van der Waals surface area contributed by atoms with Crippen molar-refractivity contribution in [1.82, 2.24) is 0 Å². The molecule has 1 aliphatic rings. The van der Waals surface area contributed by atoms with Crippen LogP contribution >= 0.6 is 0 Å². The Kier molecular flexibility index (Phi) is 4.08. The second-order valence-electron chi connectivity index (χ2n) is 5.71.